The largest absolute Gasteiger partial charge is 0.320 e. The molecule has 2 rings (SSSR count). The molecule has 1 aromatic carbocycles. The lowest BCUT2D eigenvalue weighted by Gasteiger charge is -2.25. The second-order valence-corrected chi connectivity index (χ2v) is 5.37. The first-order valence-electron chi connectivity index (χ1n) is 6.44. The summed E-state index contributed by atoms with van der Waals surface area (Å²) in [5, 5.41) is 17.1. The number of anilines is 1. The molecule has 7 heteroatoms. The first-order valence-corrected chi connectivity index (χ1v) is 6.82. The second kappa shape index (κ2) is 5.76. The highest BCUT2D eigenvalue weighted by atomic mass is 35.5. The summed E-state index contributed by atoms with van der Waals surface area (Å²) < 4.78 is 0. The standard InChI is InChI=1S/C13H16ClN3O3/c1-2-13(5-6-15-8-13)12(18)16-10-4-3-9(14)7-11(10)17(19)20/h3-4,7,15H,2,5-6,8H2,1H3,(H,16,18). The molecular weight excluding hydrogens is 282 g/mol. The second-order valence-electron chi connectivity index (χ2n) is 4.93. The summed E-state index contributed by atoms with van der Waals surface area (Å²) in [5.41, 5.74) is -0.500. The Balaban J connectivity index is 2.25. The van der Waals surface area contributed by atoms with E-state index in [0.717, 1.165) is 13.0 Å². The molecule has 0 saturated carbocycles. The number of nitrogens with one attached hydrogen (secondary N) is 2. The molecule has 108 valence electrons. The summed E-state index contributed by atoms with van der Waals surface area (Å²) in [4.78, 5) is 22.9. The van der Waals surface area contributed by atoms with Crippen molar-refractivity contribution in [2.24, 2.45) is 5.41 Å². The molecule has 1 aromatic rings. The molecule has 1 saturated heterocycles. The van der Waals surface area contributed by atoms with E-state index in [9.17, 15) is 14.9 Å². The molecule has 0 bridgehead atoms. The van der Waals surface area contributed by atoms with Crippen LogP contribution in [0.1, 0.15) is 19.8 Å². The molecule has 20 heavy (non-hydrogen) atoms. The average Bonchev–Trinajstić information content (AvgIpc) is 2.90. The van der Waals surface area contributed by atoms with Crippen LogP contribution in [0.4, 0.5) is 11.4 Å². The number of carbonyl (C=O) groups is 1. The van der Waals surface area contributed by atoms with E-state index in [4.69, 9.17) is 11.6 Å². The van der Waals surface area contributed by atoms with Crippen LogP contribution in [0, 0.1) is 15.5 Å². The quantitative estimate of drug-likeness (QED) is 0.661. The minimum atomic E-state index is -0.549. The molecule has 1 heterocycles. The number of halogens is 1. The highest BCUT2D eigenvalue weighted by Crippen LogP contribution is 2.33. The molecule has 1 unspecified atom stereocenters. The Morgan fingerprint density at radius 1 is 1.60 bits per heavy atom. The zero-order valence-electron chi connectivity index (χ0n) is 11.1. The molecule has 1 aliphatic rings. The van der Waals surface area contributed by atoms with Crippen molar-refractivity contribution in [3.05, 3.63) is 33.3 Å². The van der Waals surface area contributed by atoms with Gasteiger partial charge in [0.15, 0.2) is 0 Å². The predicted octanol–water partition coefficient (Wildman–Crippen LogP) is 2.58. The van der Waals surface area contributed by atoms with Gasteiger partial charge in [0.05, 0.1) is 10.3 Å². The van der Waals surface area contributed by atoms with Gasteiger partial charge < -0.3 is 10.6 Å². The lowest BCUT2D eigenvalue weighted by atomic mass is 9.83. The van der Waals surface area contributed by atoms with Gasteiger partial charge in [-0.2, -0.15) is 0 Å². The SMILES string of the molecule is CCC1(C(=O)Nc2ccc(Cl)cc2[N+](=O)[O-])CCNC1. The third kappa shape index (κ3) is 2.76. The zero-order valence-corrected chi connectivity index (χ0v) is 11.9. The fourth-order valence-corrected chi connectivity index (χ4v) is 2.58. The lowest BCUT2D eigenvalue weighted by Crippen LogP contribution is -2.37. The van der Waals surface area contributed by atoms with Crippen molar-refractivity contribution in [3.63, 3.8) is 0 Å². The van der Waals surface area contributed by atoms with Crippen molar-refractivity contribution in [1.29, 1.82) is 0 Å². The van der Waals surface area contributed by atoms with Gasteiger partial charge in [-0.25, -0.2) is 0 Å². The maximum Gasteiger partial charge on any atom is 0.294 e. The minimum Gasteiger partial charge on any atom is -0.320 e. The van der Waals surface area contributed by atoms with Crippen LogP contribution >= 0.6 is 11.6 Å². The van der Waals surface area contributed by atoms with Crippen molar-refractivity contribution in [2.45, 2.75) is 19.8 Å². The van der Waals surface area contributed by atoms with Crippen LogP contribution in [0.25, 0.3) is 0 Å². The van der Waals surface area contributed by atoms with Gasteiger partial charge in [0.1, 0.15) is 5.69 Å². The lowest BCUT2D eigenvalue weighted by molar-refractivity contribution is -0.383. The zero-order chi connectivity index (χ0) is 14.8. The molecule has 6 nitrogen and oxygen atoms in total. The van der Waals surface area contributed by atoms with Gasteiger partial charge in [0.2, 0.25) is 5.91 Å². The molecule has 0 aliphatic carbocycles. The van der Waals surface area contributed by atoms with Crippen LogP contribution in [0.15, 0.2) is 18.2 Å². The Morgan fingerprint density at radius 3 is 2.90 bits per heavy atom. The van der Waals surface area contributed by atoms with E-state index < -0.39 is 10.3 Å². The number of nitro groups is 1. The highest BCUT2D eigenvalue weighted by molar-refractivity contribution is 6.31. The number of hydrogen-bond donors (Lipinski definition) is 2. The van der Waals surface area contributed by atoms with E-state index in [1.807, 2.05) is 6.92 Å². The normalized spacial score (nSPS) is 21.7. The van der Waals surface area contributed by atoms with Gasteiger partial charge in [-0.3, -0.25) is 14.9 Å². The molecule has 1 atom stereocenters. The van der Waals surface area contributed by atoms with Crippen molar-refractivity contribution in [3.8, 4) is 0 Å². The van der Waals surface area contributed by atoms with Crippen LogP contribution in [0.2, 0.25) is 5.02 Å². The third-order valence-corrected chi connectivity index (χ3v) is 4.04. The summed E-state index contributed by atoms with van der Waals surface area (Å²) in [7, 11) is 0. The highest BCUT2D eigenvalue weighted by Gasteiger charge is 2.40. The smallest absolute Gasteiger partial charge is 0.294 e. The Labute approximate surface area is 121 Å². The van der Waals surface area contributed by atoms with Crippen molar-refractivity contribution in [1.82, 2.24) is 5.32 Å². The maximum absolute atomic E-state index is 12.4. The number of rotatable bonds is 4. The molecule has 1 aliphatic heterocycles. The average molecular weight is 298 g/mol. The van der Waals surface area contributed by atoms with Gasteiger partial charge in [0, 0.05) is 17.6 Å². The van der Waals surface area contributed by atoms with Crippen molar-refractivity contribution in [2.75, 3.05) is 18.4 Å². The summed E-state index contributed by atoms with van der Waals surface area (Å²) in [6, 6.07) is 4.22. The summed E-state index contributed by atoms with van der Waals surface area (Å²) in [6.07, 6.45) is 1.42. The van der Waals surface area contributed by atoms with Crippen LogP contribution < -0.4 is 10.6 Å². The number of amides is 1. The molecule has 1 fully saturated rings. The number of benzene rings is 1. The van der Waals surface area contributed by atoms with Crippen molar-refractivity contribution < 1.29 is 9.72 Å². The fraction of sp³-hybridized carbons (Fsp3) is 0.462. The van der Waals surface area contributed by atoms with E-state index in [0.29, 0.717) is 13.0 Å². The molecule has 1 amide bonds. The van der Waals surface area contributed by atoms with E-state index >= 15 is 0 Å². The summed E-state index contributed by atoms with van der Waals surface area (Å²) in [6.45, 7) is 3.32. The van der Waals surface area contributed by atoms with E-state index in [1.165, 1.54) is 18.2 Å². The number of hydrogen-bond acceptors (Lipinski definition) is 4. The topological polar surface area (TPSA) is 84.3 Å². The minimum absolute atomic E-state index is 0.184. The molecule has 0 aromatic heterocycles. The maximum atomic E-state index is 12.4. The molecule has 0 radical (unpaired) electrons. The summed E-state index contributed by atoms with van der Waals surface area (Å²) >= 11 is 5.75. The Kier molecular flexibility index (Phi) is 4.25. The van der Waals surface area contributed by atoms with E-state index in [2.05, 4.69) is 10.6 Å². The summed E-state index contributed by atoms with van der Waals surface area (Å²) in [5.74, 6) is -0.185. The van der Waals surface area contributed by atoms with Gasteiger partial charge in [-0.1, -0.05) is 18.5 Å². The fourth-order valence-electron chi connectivity index (χ4n) is 2.42. The first kappa shape index (κ1) is 14.7. The van der Waals surface area contributed by atoms with Crippen molar-refractivity contribution >= 4 is 28.9 Å². The Bertz CT molecular complexity index is 542. The van der Waals surface area contributed by atoms with Crippen LogP contribution in [-0.2, 0) is 4.79 Å². The van der Waals surface area contributed by atoms with Crippen LogP contribution in [-0.4, -0.2) is 23.9 Å². The molecule has 2 N–H and O–H groups in total. The number of nitrogens with zero attached hydrogens (tertiary/aromatic N) is 1. The number of carbonyl (C=O) groups excluding carboxylic acids is 1. The Morgan fingerprint density at radius 2 is 2.35 bits per heavy atom. The van der Waals surface area contributed by atoms with Gasteiger partial charge >= 0.3 is 0 Å². The predicted molar refractivity (Wildman–Crippen MR) is 76.9 cm³/mol. The van der Waals surface area contributed by atoms with E-state index in [-0.39, 0.29) is 22.3 Å². The van der Waals surface area contributed by atoms with Gasteiger partial charge in [0.25, 0.3) is 5.69 Å². The molecular formula is C13H16ClN3O3. The third-order valence-electron chi connectivity index (χ3n) is 3.81. The van der Waals surface area contributed by atoms with Gasteiger partial charge in [-0.05, 0) is 31.5 Å². The monoisotopic (exact) mass is 297 g/mol. The van der Waals surface area contributed by atoms with E-state index in [1.54, 1.807) is 0 Å². The first-order chi connectivity index (χ1) is 9.48. The Hall–Kier alpha value is -1.66. The van der Waals surface area contributed by atoms with Crippen LogP contribution in [0.3, 0.4) is 0 Å². The number of nitro benzene ring substituents is 1. The van der Waals surface area contributed by atoms with Gasteiger partial charge in [-0.15, -0.1) is 0 Å². The van der Waals surface area contributed by atoms with Crippen LogP contribution in [0.5, 0.6) is 0 Å². The molecule has 0 spiro atoms.